The van der Waals surface area contributed by atoms with Crippen LogP contribution < -0.4 is 5.32 Å². The SMILES string of the molecule is CCCNc1nc(C(OC)C2CC2)nc(C)c1Br. The molecule has 1 atom stereocenters. The third-order valence-corrected chi connectivity index (χ3v) is 4.08. The van der Waals surface area contributed by atoms with Crippen molar-refractivity contribution in [3.05, 3.63) is 16.0 Å². The maximum Gasteiger partial charge on any atom is 0.160 e. The molecule has 0 saturated heterocycles. The molecule has 1 aliphatic carbocycles. The Morgan fingerprint density at radius 2 is 2.17 bits per heavy atom. The molecule has 0 bridgehead atoms. The maximum absolute atomic E-state index is 5.55. The summed E-state index contributed by atoms with van der Waals surface area (Å²) in [5.74, 6) is 2.27. The Morgan fingerprint density at radius 1 is 1.44 bits per heavy atom. The highest BCUT2D eigenvalue weighted by Crippen LogP contribution is 2.42. The van der Waals surface area contributed by atoms with Crippen LogP contribution in [0.3, 0.4) is 0 Å². The smallest absolute Gasteiger partial charge is 0.160 e. The van der Waals surface area contributed by atoms with Gasteiger partial charge in [0, 0.05) is 13.7 Å². The summed E-state index contributed by atoms with van der Waals surface area (Å²) in [6, 6.07) is 0. The monoisotopic (exact) mass is 313 g/mol. The van der Waals surface area contributed by atoms with Gasteiger partial charge in [-0.2, -0.15) is 0 Å². The molecule has 100 valence electrons. The van der Waals surface area contributed by atoms with Crippen molar-refractivity contribution in [3.8, 4) is 0 Å². The van der Waals surface area contributed by atoms with Crippen molar-refractivity contribution in [1.29, 1.82) is 0 Å². The highest BCUT2D eigenvalue weighted by molar-refractivity contribution is 9.10. The molecule has 1 aromatic rings. The molecule has 1 N–H and O–H groups in total. The van der Waals surface area contributed by atoms with Crippen LogP contribution in [0.1, 0.15) is 43.8 Å². The molecule has 1 fully saturated rings. The standard InChI is InChI=1S/C13H20BrN3O/c1-4-7-15-12-10(14)8(2)16-13(17-12)11(18-3)9-5-6-9/h9,11H,4-7H2,1-3H3,(H,15,16,17). The van der Waals surface area contributed by atoms with E-state index in [4.69, 9.17) is 4.74 Å². The quantitative estimate of drug-likeness (QED) is 0.873. The molecule has 0 amide bonds. The predicted octanol–water partition coefficient (Wildman–Crippen LogP) is 3.47. The largest absolute Gasteiger partial charge is 0.373 e. The number of nitrogens with one attached hydrogen (secondary N) is 1. The topological polar surface area (TPSA) is 47.0 Å². The van der Waals surface area contributed by atoms with Crippen LogP contribution in [0.15, 0.2) is 4.47 Å². The van der Waals surface area contributed by atoms with Crippen molar-refractivity contribution in [3.63, 3.8) is 0 Å². The second-order valence-electron chi connectivity index (χ2n) is 4.75. The lowest BCUT2D eigenvalue weighted by molar-refractivity contribution is 0.0771. The zero-order valence-corrected chi connectivity index (χ0v) is 12.7. The number of methoxy groups -OCH3 is 1. The zero-order valence-electron chi connectivity index (χ0n) is 11.2. The van der Waals surface area contributed by atoms with E-state index in [1.165, 1.54) is 12.8 Å². The van der Waals surface area contributed by atoms with Crippen molar-refractivity contribution in [2.24, 2.45) is 5.92 Å². The summed E-state index contributed by atoms with van der Waals surface area (Å²) in [6.07, 6.45) is 3.55. The van der Waals surface area contributed by atoms with Gasteiger partial charge in [-0.05, 0) is 48.0 Å². The highest BCUT2D eigenvalue weighted by atomic mass is 79.9. The molecule has 0 aromatic carbocycles. The van der Waals surface area contributed by atoms with E-state index >= 15 is 0 Å². The summed E-state index contributed by atoms with van der Waals surface area (Å²) in [5.41, 5.74) is 0.960. The summed E-state index contributed by atoms with van der Waals surface area (Å²) in [6.45, 7) is 5.04. The number of rotatable bonds is 6. The second kappa shape index (κ2) is 5.97. The van der Waals surface area contributed by atoms with E-state index in [9.17, 15) is 0 Å². The fourth-order valence-electron chi connectivity index (χ4n) is 1.98. The number of aromatic nitrogens is 2. The van der Waals surface area contributed by atoms with E-state index in [1.807, 2.05) is 6.92 Å². The van der Waals surface area contributed by atoms with E-state index in [-0.39, 0.29) is 6.10 Å². The number of anilines is 1. The summed E-state index contributed by atoms with van der Waals surface area (Å²) >= 11 is 3.54. The first-order chi connectivity index (χ1) is 8.67. The van der Waals surface area contributed by atoms with Crippen LogP contribution in [0.25, 0.3) is 0 Å². The molecule has 1 heterocycles. The van der Waals surface area contributed by atoms with Gasteiger partial charge < -0.3 is 10.1 Å². The number of nitrogens with zero attached hydrogens (tertiary/aromatic N) is 2. The molecule has 18 heavy (non-hydrogen) atoms. The molecule has 1 aromatic heterocycles. The summed E-state index contributed by atoms with van der Waals surface area (Å²) in [4.78, 5) is 9.16. The Labute approximate surface area is 117 Å². The lowest BCUT2D eigenvalue weighted by Crippen LogP contribution is -2.13. The molecular weight excluding hydrogens is 294 g/mol. The number of hydrogen-bond acceptors (Lipinski definition) is 4. The average Bonchev–Trinajstić information content (AvgIpc) is 3.17. The van der Waals surface area contributed by atoms with Gasteiger partial charge in [-0.3, -0.25) is 0 Å². The minimum absolute atomic E-state index is 0.0407. The molecule has 1 unspecified atom stereocenters. The van der Waals surface area contributed by atoms with Crippen LogP contribution in [-0.4, -0.2) is 23.6 Å². The van der Waals surface area contributed by atoms with Crippen molar-refractivity contribution in [2.75, 3.05) is 19.0 Å². The molecule has 0 radical (unpaired) electrons. The summed E-state index contributed by atoms with van der Waals surface area (Å²) in [5, 5.41) is 3.33. The molecule has 1 saturated carbocycles. The van der Waals surface area contributed by atoms with Crippen molar-refractivity contribution in [1.82, 2.24) is 9.97 Å². The third kappa shape index (κ3) is 3.01. The third-order valence-electron chi connectivity index (χ3n) is 3.14. The van der Waals surface area contributed by atoms with E-state index in [0.717, 1.165) is 34.8 Å². The molecule has 0 aliphatic heterocycles. The molecule has 5 heteroatoms. The van der Waals surface area contributed by atoms with Crippen LogP contribution in [0, 0.1) is 12.8 Å². The van der Waals surface area contributed by atoms with Crippen LogP contribution in [0.4, 0.5) is 5.82 Å². The van der Waals surface area contributed by atoms with Gasteiger partial charge >= 0.3 is 0 Å². The van der Waals surface area contributed by atoms with Gasteiger partial charge in [0.2, 0.25) is 0 Å². The van der Waals surface area contributed by atoms with Crippen molar-refractivity contribution in [2.45, 2.75) is 39.2 Å². The average molecular weight is 314 g/mol. The minimum atomic E-state index is 0.0407. The predicted molar refractivity (Wildman–Crippen MR) is 75.7 cm³/mol. The molecule has 4 nitrogen and oxygen atoms in total. The van der Waals surface area contributed by atoms with Crippen LogP contribution >= 0.6 is 15.9 Å². The normalized spacial score (nSPS) is 16.7. The number of aryl methyl sites for hydroxylation is 1. The van der Waals surface area contributed by atoms with E-state index in [0.29, 0.717) is 5.92 Å². The Hall–Kier alpha value is -0.680. The van der Waals surface area contributed by atoms with E-state index in [1.54, 1.807) is 7.11 Å². The van der Waals surface area contributed by atoms with Gasteiger partial charge in [-0.1, -0.05) is 6.92 Å². The molecule has 0 spiro atoms. The van der Waals surface area contributed by atoms with Crippen LogP contribution in [0.2, 0.25) is 0 Å². The number of halogens is 1. The lowest BCUT2D eigenvalue weighted by atomic mass is 10.2. The highest BCUT2D eigenvalue weighted by Gasteiger charge is 2.34. The molecule has 2 rings (SSSR count). The first-order valence-corrected chi connectivity index (χ1v) is 7.27. The Kier molecular flexibility index (Phi) is 4.56. The summed E-state index contributed by atoms with van der Waals surface area (Å²) < 4.78 is 6.50. The summed E-state index contributed by atoms with van der Waals surface area (Å²) in [7, 11) is 1.74. The van der Waals surface area contributed by atoms with Gasteiger partial charge in [0.15, 0.2) is 5.82 Å². The lowest BCUT2D eigenvalue weighted by Gasteiger charge is -2.16. The van der Waals surface area contributed by atoms with Crippen LogP contribution in [-0.2, 0) is 4.74 Å². The van der Waals surface area contributed by atoms with Gasteiger partial charge in [0.25, 0.3) is 0 Å². The van der Waals surface area contributed by atoms with Gasteiger partial charge in [-0.25, -0.2) is 9.97 Å². The fourth-order valence-corrected chi connectivity index (χ4v) is 2.29. The number of ether oxygens (including phenoxy) is 1. The fraction of sp³-hybridized carbons (Fsp3) is 0.692. The number of hydrogen-bond donors (Lipinski definition) is 1. The molecular formula is C13H20BrN3O. The van der Waals surface area contributed by atoms with Gasteiger partial charge in [-0.15, -0.1) is 0 Å². The minimum Gasteiger partial charge on any atom is -0.373 e. The van der Waals surface area contributed by atoms with Gasteiger partial charge in [0.1, 0.15) is 11.9 Å². The Bertz CT molecular complexity index is 421. The molecule has 1 aliphatic rings. The Morgan fingerprint density at radius 3 is 2.72 bits per heavy atom. The van der Waals surface area contributed by atoms with E-state index < -0.39 is 0 Å². The van der Waals surface area contributed by atoms with E-state index in [2.05, 4.69) is 38.1 Å². The van der Waals surface area contributed by atoms with Gasteiger partial charge in [0.05, 0.1) is 10.2 Å². The van der Waals surface area contributed by atoms with Crippen molar-refractivity contribution >= 4 is 21.7 Å². The zero-order chi connectivity index (χ0) is 13.1. The maximum atomic E-state index is 5.55. The van der Waals surface area contributed by atoms with Crippen molar-refractivity contribution < 1.29 is 4.74 Å². The Balaban J connectivity index is 2.27. The second-order valence-corrected chi connectivity index (χ2v) is 5.54. The van der Waals surface area contributed by atoms with Crippen LogP contribution in [0.5, 0.6) is 0 Å². The first kappa shape index (κ1) is 13.7. The first-order valence-electron chi connectivity index (χ1n) is 6.48.